The molecule has 29 heavy (non-hydrogen) atoms. The normalized spacial score (nSPS) is 15.3. The summed E-state index contributed by atoms with van der Waals surface area (Å²) in [6, 6.07) is 4.58. The molecule has 0 spiro atoms. The zero-order valence-corrected chi connectivity index (χ0v) is 16.9. The second-order valence-corrected chi connectivity index (χ2v) is 7.79. The third-order valence-corrected chi connectivity index (χ3v) is 5.61. The van der Waals surface area contributed by atoms with Gasteiger partial charge in [0.15, 0.2) is 10.8 Å². The topological polar surface area (TPSA) is 69.7 Å². The number of fused-ring (bicyclic) bond motifs is 1. The summed E-state index contributed by atoms with van der Waals surface area (Å²) in [4.78, 5) is 16.5. The molecule has 6 nitrogen and oxygen atoms in total. The van der Waals surface area contributed by atoms with Crippen LogP contribution in [0.3, 0.4) is 0 Å². The molecule has 1 aliphatic heterocycles. The lowest BCUT2D eigenvalue weighted by atomic mass is 10.1. The number of esters is 1. The van der Waals surface area contributed by atoms with E-state index in [1.165, 1.54) is 34.8 Å². The molecule has 0 aliphatic carbocycles. The lowest BCUT2D eigenvalue weighted by Crippen LogP contribution is -2.19. The number of nitrogens with zero attached hydrogens (tertiary/aromatic N) is 1. The summed E-state index contributed by atoms with van der Waals surface area (Å²) < 4.78 is 31.0. The summed E-state index contributed by atoms with van der Waals surface area (Å²) >= 11 is 2.83. The first-order chi connectivity index (χ1) is 14.1. The van der Waals surface area contributed by atoms with Gasteiger partial charge in [0.25, 0.3) is 0 Å². The van der Waals surface area contributed by atoms with Crippen molar-refractivity contribution in [3.05, 3.63) is 75.2 Å². The molecular weight excluding hydrogens is 415 g/mol. The van der Waals surface area contributed by atoms with Gasteiger partial charge in [-0.05, 0) is 23.6 Å². The van der Waals surface area contributed by atoms with Crippen LogP contribution in [0.2, 0.25) is 0 Å². The Bertz CT molecular complexity index is 1020. The fraction of sp³-hybridized carbons (Fsp3) is 0.200. The van der Waals surface area contributed by atoms with Crippen molar-refractivity contribution in [2.24, 2.45) is 0 Å². The van der Waals surface area contributed by atoms with Gasteiger partial charge in [-0.1, -0.05) is 6.08 Å². The largest absolute Gasteiger partial charge is 0.460 e. The minimum Gasteiger partial charge on any atom is -0.460 e. The summed E-state index contributed by atoms with van der Waals surface area (Å²) in [5.41, 5.74) is 2.09. The van der Waals surface area contributed by atoms with Crippen LogP contribution in [0.15, 0.2) is 47.0 Å². The second kappa shape index (κ2) is 8.73. The number of aromatic nitrogens is 1. The van der Waals surface area contributed by atoms with Crippen molar-refractivity contribution < 1.29 is 23.4 Å². The number of carbonyl (C=O) groups excluding carboxylic acids is 1. The number of thiazole rings is 1. The standard InChI is InChI=1S/C20H17FN2O4S2/c1-2-4-22-20-23-16(11-29-20)18(24)25-8-13-6-15(21)7-14-9-26-19(27-17(13)14)12-3-5-28-10-12/h2-3,5-7,10-11,19H,1,4,8-9H2,(H,22,23)/t19-/m0/s1. The number of halogens is 1. The van der Waals surface area contributed by atoms with E-state index in [1.807, 2.05) is 16.8 Å². The van der Waals surface area contributed by atoms with Crippen molar-refractivity contribution in [3.8, 4) is 5.75 Å². The van der Waals surface area contributed by atoms with Crippen molar-refractivity contribution in [1.82, 2.24) is 4.98 Å². The number of thiophene rings is 1. The molecule has 4 rings (SSSR count). The summed E-state index contributed by atoms with van der Waals surface area (Å²) in [7, 11) is 0. The molecule has 0 bridgehead atoms. The number of carbonyl (C=O) groups is 1. The molecule has 1 aromatic carbocycles. The third-order valence-electron chi connectivity index (χ3n) is 4.11. The predicted octanol–water partition coefficient (Wildman–Crippen LogP) is 4.91. The number of hydrogen-bond donors (Lipinski definition) is 1. The number of ether oxygens (including phenoxy) is 3. The van der Waals surface area contributed by atoms with Crippen LogP contribution in [0.4, 0.5) is 9.52 Å². The van der Waals surface area contributed by atoms with Gasteiger partial charge < -0.3 is 19.5 Å². The van der Waals surface area contributed by atoms with Gasteiger partial charge in [-0.3, -0.25) is 0 Å². The SMILES string of the molecule is C=CCNc1nc(C(=O)OCc2cc(F)cc3c2O[C@@H](c2ccsc2)OC3)cs1. The van der Waals surface area contributed by atoms with E-state index in [9.17, 15) is 9.18 Å². The monoisotopic (exact) mass is 432 g/mol. The molecule has 0 saturated heterocycles. The highest BCUT2D eigenvalue weighted by atomic mass is 32.1. The van der Waals surface area contributed by atoms with E-state index in [-0.39, 0.29) is 18.9 Å². The van der Waals surface area contributed by atoms with Gasteiger partial charge in [0, 0.05) is 34.0 Å². The number of anilines is 1. The minimum absolute atomic E-state index is 0.137. The number of nitrogens with one attached hydrogen (secondary N) is 1. The van der Waals surface area contributed by atoms with Crippen LogP contribution in [0, 0.1) is 5.82 Å². The summed E-state index contributed by atoms with van der Waals surface area (Å²) in [6.07, 6.45) is 1.12. The van der Waals surface area contributed by atoms with Crippen molar-refractivity contribution in [2.75, 3.05) is 11.9 Å². The van der Waals surface area contributed by atoms with Crippen LogP contribution in [0.1, 0.15) is 33.5 Å². The average Bonchev–Trinajstić information content (AvgIpc) is 3.42. The Morgan fingerprint density at radius 1 is 1.45 bits per heavy atom. The van der Waals surface area contributed by atoms with Gasteiger partial charge in [0.2, 0.25) is 6.29 Å². The Morgan fingerprint density at radius 3 is 3.14 bits per heavy atom. The van der Waals surface area contributed by atoms with Crippen LogP contribution in [0.25, 0.3) is 0 Å². The molecule has 9 heteroatoms. The van der Waals surface area contributed by atoms with Gasteiger partial charge in [-0.15, -0.1) is 17.9 Å². The van der Waals surface area contributed by atoms with Gasteiger partial charge in [-0.2, -0.15) is 11.3 Å². The maximum atomic E-state index is 14.0. The first kappa shape index (κ1) is 19.6. The van der Waals surface area contributed by atoms with E-state index < -0.39 is 18.1 Å². The Kier molecular flexibility index (Phi) is 5.89. The lowest BCUT2D eigenvalue weighted by molar-refractivity contribution is -0.112. The fourth-order valence-electron chi connectivity index (χ4n) is 2.78. The molecule has 1 aliphatic rings. The number of benzene rings is 1. The molecule has 0 fully saturated rings. The van der Waals surface area contributed by atoms with Crippen LogP contribution < -0.4 is 10.1 Å². The lowest BCUT2D eigenvalue weighted by Gasteiger charge is -2.27. The molecule has 2 aromatic heterocycles. The average molecular weight is 432 g/mol. The van der Waals surface area contributed by atoms with Crippen molar-refractivity contribution in [1.29, 1.82) is 0 Å². The van der Waals surface area contributed by atoms with E-state index in [0.717, 1.165) is 5.56 Å². The maximum Gasteiger partial charge on any atom is 0.358 e. The number of hydrogen-bond acceptors (Lipinski definition) is 8. The fourth-order valence-corrected chi connectivity index (χ4v) is 4.13. The zero-order chi connectivity index (χ0) is 20.2. The molecule has 150 valence electrons. The molecule has 0 amide bonds. The van der Waals surface area contributed by atoms with E-state index in [1.54, 1.807) is 11.5 Å². The van der Waals surface area contributed by atoms with E-state index >= 15 is 0 Å². The van der Waals surface area contributed by atoms with E-state index in [0.29, 0.717) is 28.6 Å². The Labute approximate surface area is 174 Å². The van der Waals surface area contributed by atoms with Crippen LogP contribution in [0.5, 0.6) is 5.75 Å². The zero-order valence-electron chi connectivity index (χ0n) is 15.2. The smallest absolute Gasteiger partial charge is 0.358 e. The highest BCUT2D eigenvalue weighted by molar-refractivity contribution is 7.13. The summed E-state index contributed by atoms with van der Waals surface area (Å²) in [5, 5.41) is 9.07. The molecule has 1 atom stereocenters. The predicted molar refractivity (Wildman–Crippen MR) is 109 cm³/mol. The van der Waals surface area contributed by atoms with Crippen molar-refractivity contribution >= 4 is 33.8 Å². The van der Waals surface area contributed by atoms with E-state index in [4.69, 9.17) is 14.2 Å². The quantitative estimate of drug-likeness (QED) is 0.423. The minimum atomic E-state index is -0.590. The van der Waals surface area contributed by atoms with Crippen LogP contribution >= 0.6 is 22.7 Å². The van der Waals surface area contributed by atoms with Crippen LogP contribution in [-0.2, 0) is 22.7 Å². The third kappa shape index (κ3) is 4.47. The Morgan fingerprint density at radius 2 is 2.34 bits per heavy atom. The van der Waals surface area contributed by atoms with E-state index in [2.05, 4.69) is 16.9 Å². The van der Waals surface area contributed by atoms with Crippen molar-refractivity contribution in [3.63, 3.8) is 0 Å². The van der Waals surface area contributed by atoms with Crippen LogP contribution in [-0.4, -0.2) is 17.5 Å². The van der Waals surface area contributed by atoms with Gasteiger partial charge >= 0.3 is 5.97 Å². The molecule has 3 heterocycles. The first-order valence-electron chi connectivity index (χ1n) is 8.73. The molecule has 0 saturated carbocycles. The van der Waals surface area contributed by atoms with Gasteiger partial charge in [-0.25, -0.2) is 14.2 Å². The summed E-state index contributed by atoms with van der Waals surface area (Å²) in [6.45, 7) is 4.23. The van der Waals surface area contributed by atoms with Crippen molar-refractivity contribution in [2.45, 2.75) is 19.5 Å². The van der Waals surface area contributed by atoms with Gasteiger partial charge in [0.1, 0.15) is 18.2 Å². The molecule has 1 N–H and O–H groups in total. The van der Waals surface area contributed by atoms with Gasteiger partial charge in [0.05, 0.1) is 6.61 Å². The molecule has 0 radical (unpaired) electrons. The molecule has 0 unspecified atom stereocenters. The highest BCUT2D eigenvalue weighted by Gasteiger charge is 2.26. The maximum absolute atomic E-state index is 14.0. The highest BCUT2D eigenvalue weighted by Crippen LogP contribution is 2.37. The Hall–Kier alpha value is -2.75. The number of rotatable bonds is 7. The summed E-state index contributed by atoms with van der Waals surface area (Å²) in [5.74, 6) is -0.554. The molecule has 3 aromatic rings. The first-order valence-corrected chi connectivity index (χ1v) is 10.6. The molecular formula is C20H17FN2O4S2. The second-order valence-electron chi connectivity index (χ2n) is 6.15. The Balaban J connectivity index is 1.47.